The number of carbonyl (C=O) groups excluding carboxylic acids is 1. The highest BCUT2D eigenvalue weighted by Crippen LogP contribution is 2.40. The first-order valence-electron chi connectivity index (χ1n) is 11.1. The zero-order chi connectivity index (χ0) is 26.1. The van der Waals surface area contributed by atoms with E-state index in [9.17, 15) is 18.0 Å². The number of benzene rings is 1. The molecular weight excluding hydrogens is 478 g/mol. The van der Waals surface area contributed by atoms with E-state index in [-0.39, 0.29) is 48.0 Å². The molecule has 12 heteroatoms. The zero-order valence-electron chi connectivity index (χ0n) is 20.7. The Morgan fingerprint density at radius 3 is 2.57 bits per heavy atom. The van der Waals surface area contributed by atoms with Crippen LogP contribution in [-0.2, 0) is 37.8 Å². The molecule has 0 amide bonds. The number of aromatic nitrogens is 2. The molecule has 0 radical (unpaired) electrons. The number of ether oxygens (including phenoxy) is 3. The fourth-order valence-electron chi connectivity index (χ4n) is 3.77. The summed E-state index contributed by atoms with van der Waals surface area (Å²) in [4.78, 5) is 23.4. The van der Waals surface area contributed by atoms with Gasteiger partial charge < -0.3 is 19.3 Å². The first-order chi connectivity index (χ1) is 16.2. The van der Waals surface area contributed by atoms with E-state index in [4.69, 9.17) is 19.3 Å². The maximum atomic E-state index is 13.9. The van der Waals surface area contributed by atoms with Crippen LogP contribution < -0.4 is 13.8 Å². The molecule has 2 aromatic rings. The van der Waals surface area contributed by atoms with Crippen LogP contribution in [0.15, 0.2) is 23.1 Å². The van der Waals surface area contributed by atoms with Crippen molar-refractivity contribution in [3.63, 3.8) is 0 Å². The van der Waals surface area contributed by atoms with Gasteiger partial charge in [-0.05, 0) is 51.8 Å². The Bertz CT molecular complexity index is 1230. The standard InChI is InChI=1S/C23H31N3O8S/c1-14-21(22(32-6)24-25(14)5)35(30,31)26-13-16(8-10-19(27)28)33-18-9-7-15(11-17(18)26)12-20(29)34-23(2,3)4/h7,9,11,16H,8,10,12-13H2,1-6H3,(H,27,28)/t16-/m0/s1. The van der Waals surface area contributed by atoms with Gasteiger partial charge in [0.25, 0.3) is 15.9 Å². The van der Waals surface area contributed by atoms with E-state index in [1.54, 1.807) is 52.9 Å². The van der Waals surface area contributed by atoms with Crippen molar-refractivity contribution >= 4 is 27.6 Å². The topological polar surface area (TPSA) is 137 Å². The van der Waals surface area contributed by atoms with Crippen molar-refractivity contribution < 1.29 is 37.3 Å². The number of carbonyl (C=O) groups is 2. The molecule has 1 aliphatic rings. The quantitative estimate of drug-likeness (QED) is 0.532. The second kappa shape index (κ2) is 9.76. The fraction of sp³-hybridized carbons (Fsp3) is 0.522. The molecule has 35 heavy (non-hydrogen) atoms. The molecule has 0 unspecified atom stereocenters. The molecule has 1 atom stereocenters. The molecule has 11 nitrogen and oxygen atoms in total. The Hall–Kier alpha value is -3.28. The lowest BCUT2D eigenvalue weighted by Crippen LogP contribution is -2.44. The number of rotatable bonds is 8. The maximum Gasteiger partial charge on any atom is 0.310 e. The van der Waals surface area contributed by atoms with Gasteiger partial charge in [-0.15, -0.1) is 5.10 Å². The van der Waals surface area contributed by atoms with Crippen molar-refractivity contribution in [3.8, 4) is 11.6 Å². The average Bonchev–Trinajstić information content (AvgIpc) is 3.04. The molecule has 1 aromatic heterocycles. The molecule has 0 fully saturated rings. The number of nitrogens with zero attached hydrogens (tertiary/aromatic N) is 3. The van der Waals surface area contributed by atoms with Crippen LogP contribution in [0.5, 0.6) is 11.6 Å². The third-order valence-electron chi connectivity index (χ3n) is 5.39. The molecule has 0 saturated carbocycles. The summed E-state index contributed by atoms with van der Waals surface area (Å²) in [6, 6.07) is 4.81. The Balaban J connectivity index is 2.06. The highest BCUT2D eigenvalue weighted by atomic mass is 32.2. The minimum atomic E-state index is -4.19. The van der Waals surface area contributed by atoms with Gasteiger partial charge in [0.15, 0.2) is 4.90 Å². The maximum absolute atomic E-state index is 13.9. The predicted molar refractivity (Wildman–Crippen MR) is 126 cm³/mol. The summed E-state index contributed by atoms with van der Waals surface area (Å²) in [5.41, 5.74) is 0.501. The largest absolute Gasteiger partial charge is 0.486 e. The highest BCUT2D eigenvalue weighted by molar-refractivity contribution is 7.93. The summed E-state index contributed by atoms with van der Waals surface area (Å²) in [5, 5.41) is 13.2. The number of esters is 1. The normalized spacial score (nSPS) is 15.8. The molecule has 0 bridgehead atoms. The van der Waals surface area contributed by atoms with Crippen LogP contribution in [0.4, 0.5) is 5.69 Å². The first-order valence-corrected chi connectivity index (χ1v) is 12.5. The Morgan fingerprint density at radius 1 is 1.29 bits per heavy atom. The highest BCUT2D eigenvalue weighted by Gasteiger charge is 2.39. The van der Waals surface area contributed by atoms with Crippen molar-refractivity contribution in [1.29, 1.82) is 0 Å². The second-order valence-electron chi connectivity index (χ2n) is 9.32. The van der Waals surface area contributed by atoms with Gasteiger partial charge in [0.05, 0.1) is 31.5 Å². The number of aliphatic carboxylic acids is 1. The number of hydrogen-bond acceptors (Lipinski definition) is 8. The smallest absolute Gasteiger partial charge is 0.310 e. The van der Waals surface area contributed by atoms with Crippen LogP contribution in [0.25, 0.3) is 0 Å². The number of carboxylic acids is 1. The van der Waals surface area contributed by atoms with Crippen LogP contribution in [0.2, 0.25) is 0 Å². The molecule has 1 aromatic carbocycles. The summed E-state index contributed by atoms with van der Waals surface area (Å²) in [6.45, 7) is 6.79. The van der Waals surface area contributed by atoms with Crippen molar-refractivity contribution in [2.45, 2.75) is 63.6 Å². The fourth-order valence-corrected chi connectivity index (χ4v) is 5.61. The van der Waals surface area contributed by atoms with Crippen molar-refractivity contribution in [2.24, 2.45) is 7.05 Å². The number of methoxy groups -OCH3 is 1. The van der Waals surface area contributed by atoms with E-state index in [2.05, 4.69) is 5.10 Å². The third kappa shape index (κ3) is 5.87. The van der Waals surface area contributed by atoms with Gasteiger partial charge in [0.1, 0.15) is 17.5 Å². The van der Waals surface area contributed by atoms with Gasteiger partial charge in [-0.3, -0.25) is 18.6 Å². The minimum absolute atomic E-state index is 0.0509. The van der Waals surface area contributed by atoms with E-state index in [0.29, 0.717) is 11.3 Å². The van der Waals surface area contributed by atoms with E-state index in [0.717, 1.165) is 0 Å². The van der Waals surface area contributed by atoms with E-state index < -0.39 is 33.7 Å². The molecule has 0 saturated heterocycles. The van der Waals surface area contributed by atoms with Crippen LogP contribution in [0, 0.1) is 6.92 Å². The molecule has 1 aliphatic heterocycles. The molecule has 2 heterocycles. The van der Waals surface area contributed by atoms with Crippen LogP contribution in [0.3, 0.4) is 0 Å². The van der Waals surface area contributed by atoms with E-state index in [1.807, 2.05) is 0 Å². The summed E-state index contributed by atoms with van der Waals surface area (Å²) >= 11 is 0. The van der Waals surface area contributed by atoms with E-state index in [1.165, 1.54) is 16.1 Å². The summed E-state index contributed by atoms with van der Waals surface area (Å²) < 4.78 is 46.9. The van der Waals surface area contributed by atoms with Crippen molar-refractivity contribution in [2.75, 3.05) is 18.0 Å². The van der Waals surface area contributed by atoms with Gasteiger partial charge in [0.2, 0.25) is 0 Å². The number of hydrogen-bond donors (Lipinski definition) is 1. The number of carboxylic acid groups (broad SMARTS) is 1. The Kier molecular flexibility index (Phi) is 7.34. The predicted octanol–water partition coefficient (Wildman–Crippen LogP) is 2.44. The van der Waals surface area contributed by atoms with Crippen molar-refractivity contribution in [3.05, 3.63) is 29.5 Å². The average molecular weight is 510 g/mol. The Labute approximate surface area is 204 Å². The van der Waals surface area contributed by atoms with Gasteiger partial charge in [-0.25, -0.2) is 8.42 Å². The van der Waals surface area contributed by atoms with Gasteiger partial charge in [-0.2, -0.15) is 0 Å². The molecule has 192 valence electrons. The van der Waals surface area contributed by atoms with E-state index >= 15 is 0 Å². The third-order valence-corrected chi connectivity index (χ3v) is 7.31. The Morgan fingerprint density at radius 2 is 1.97 bits per heavy atom. The van der Waals surface area contributed by atoms with Crippen molar-refractivity contribution in [1.82, 2.24) is 9.78 Å². The lowest BCUT2D eigenvalue weighted by Gasteiger charge is -2.35. The van der Waals surface area contributed by atoms with Crippen LogP contribution in [-0.4, -0.2) is 60.6 Å². The molecule has 1 N–H and O–H groups in total. The van der Waals surface area contributed by atoms with Gasteiger partial charge in [-0.1, -0.05) is 6.07 Å². The molecule has 0 aliphatic carbocycles. The lowest BCUT2D eigenvalue weighted by atomic mass is 10.1. The number of fused-ring (bicyclic) bond motifs is 1. The zero-order valence-corrected chi connectivity index (χ0v) is 21.5. The summed E-state index contributed by atoms with van der Waals surface area (Å²) in [5.74, 6) is -1.24. The molecule has 3 rings (SSSR count). The minimum Gasteiger partial charge on any atom is -0.486 e. The first kappa shape index (κ1) is 26.3. The second-order valence-corrected chi connectivity index (χ2v) is 11.1. The number of anilines is 1. The van der Waals surface area contributed by atoms with Gasteiger partial charge in [0, 0.05) is 13.5 Å². The number of sulfonamides is 1. The van der Waals surface area contributed by atoms with Crippen LogP contribution in [0.1, 0.15) is 44.9 Å². The van der Waals surface area contributed by atoms with Gasteiger partial charge >= 0.3 is 11.9 Å². The summed E-state index contributed by atoms with van der Waals surface area (Å²) in [6.07, 6.45) is -0.812. The van der Waals surface area contributed by atoms with Crippen LogP contribution >= 0.6 is 0 Å². The lowest BCUT2D eigenvalue weighted by molar-refractivity contribution is -0.154. The SMILES string of the molecule is COc1nn(C)c(C)c1S(=O)(=O)N1C[C@H](CCC(=O)O)Oc2ccc(CC(=O)OC(C)(C)C)cc21. The summed E-state index contributed by atoms with van der Waals surface area (Å²) in [7, 11) is -1.25. The molecule has 0 spiro atoms. The molecular formula is C23H31N3O8S. The number of aryl methyl sites for hydroxylation is 1. The monoisotopic (exact) mass is 509 g/mol.